The van der Waals surface area contributed by atoms with Gasteiger partial charge in [0.1, 0.15) is 5.56 Å². The molecule has 0 unspecified atom stereocenters. The summed E-state index contributed by atoms with van der Waals surface area (Å²) < 4.78 is 0. The Morgan fingerprint density at radius 2 is 2.05 bits per heavy atom. The van der Waals surface area contributed by atoms with E-state index < -0.39 is 5.56 Å². The quantitative estimate of drug-likeness (QED) is 0.722. The Morgan fingerprint density at radius 1 is 1.40 bits per heavy atom. The van der Waals surface area contributed by atoms with E-state index in [1.165, 1.54) is 0 Å². The van der Waals surface area contributed by atoms with E-state index in [0.29, 0.717) is 24.2 Å². The highest BCUT2D eigenvalue weighted by molar-refractivity contribution is 5.95. The Balaban J connectivity index is 2.78. The summed E-state index contributed by atoms with van der Waals surface area (Å²) in [6, 6.07) is 0. The smallest absolute Gasteiger partial charge is 0.277 e. The molecule has 112 valence electrons. The minimum atomic E-state index is -0.473. The number of rotatable bonds is 6. The van der Waals surface area contributed by atoms with Gasteiger partial charge in [0.05, 0.1) is 5.69 Å². The lowest BCUT2D eigenvalue weighted by Gasteiger charge is -2.24. The van der Waals surface area contributed by atoms with Gasteiger partial charge in [-0.25, -0.2) is 5.10 Å². The molecule has 1 rings (SSSR count). The molecule has 0 aromatic carbocycles. The van der Waals surface area contributed by atoms with Gasteiger partial charge < -0.3 is 10.4 Å². The molecule has 0 radical (unpaired) electrons. The highest BCUT2D eigenvalue weighted by Gasteiger charge is 2.21. The first-order valence-electron chi connectivity index (χ1n) is 6.73. The maximum absolute atomic E-state index is 12.2. The van der Waals surface area contributed by atoms with Gasteiger partial charge in [0.25, 0.3) is 11.5 Å². The van der Waals surface area contributed by atoms with Gasteiger partial charge in [-0.05, 0) is 37.7 Å². The van der Waals surface area contributed by atoms with Crippen molar-refractivity contribution in [3.05, 3.63) is 27.2 Å². The van der Waals surface area contributed by atoms with Crippen LogP contribution in [0.4, 0.5) is 0 Å². The number of hydrogen-bond acceptors (Lipinski definition) is 4. The summed E-state index contributed by atoms with van der Waals surface area (Å²) in [5.74, 6) is -0.383. The Kier molecular flexibility index (Phi) is 5.44. The number of carbonyl (C=O) groups excluding carboxylic acids is 1. The average molecular weight is 281 g/mol. The van der Waals surface area contributed by atoms with Crippen LogP contribution in [0.3, 0.4) is 0 Å². The summed E-state index contributed by atoms with van der Waals surface area (Å²) in [4.78, 5) is 23.9. The van der Waals surface area contributed by atoms with Crippen LogP contribution >= 0.6 is 0 Å². The van der Waals surface area contributed by atoms with Crippen LogP contribution in [0.15, 0.2) is 4.79 Å². The molecule has 0 aliphatic rings. The minimum Gasteiger partial charge on any atom is -0.396 e. The number of H-pyrrole nitrogens is 1. The molecule has 1 aromatic rings. The second-order valence-corrected chi connectivity index (χ2v) is 5.81. The van der Waals surface area contributed by atoms with E-state index in [4.69, 9.17) is 5.11 Å². The average Bonchev–Trinajstić information content (AvgIpc) is 2.39. The molecular weight excluding hydrogens is 258 g/mol. The summed E-state index contributed by atoms with van der Waals surface area (Å²) in [5.41, 5.74) is 0.754. The third-order valence-electron chi connectivity index (χ3n) is 3.44. The van der Waals surface area contributed by atoms with Crippen molar-refractivity contribution in [2.24, 2.45) is 5.41 Å². The number of aromatic nitrogens is 2. The number of aliphatic hydroxyl groups excluding tert-OH is 1. The van der Waals surface area contributed by atoms with E-state index in [9.17, 15) is 9.59 Å². The number of aryl methyl sites for hydroxylation is 1. The molecule has 1 amide bonds. The zero-order valence-corrected chi connectivity index (χ0v) is 12.5. The molecule has 0 saturated heterocycles. The van der Waals surface area contributed by atoms with Gasteiger partial charge >= 0.3 is 0 Å². The fourth-order valence-electron chi connectivity index (χ4n) is 1.95. The minimum absolute atomic E-state index is 0.121. The zero-order chi connectivity index (χ0) is 15.3. The van der Waals surface area contributed by atoms with E-state index >= 15 is 0 Å². The highest BCUT2D eigenvalue weighted by Crippen LogP contribution is 2.20. The number of carbonyl (C=O) groups is 1. The van der Waals surface area contributed by atoms with Crippen molar-refractivity contribution >= 4 is 5.91 Å². The number of nitrogens with zero attached hydrogens (tertiary/aromatic N) is 1. The Morgan fingerprint density at radius 3 is 2.65 bits per heavy atom. The molecule has 0 fully saturated rings. The molecule has 3 N–H and O–H groups in total. The van der Waals surface area contributed by atoms with Crippen molar-refractivity contribution in [2.45, 2.75) is 40.5 Å². The Labute approximate surface area is 118 Å². The van der Waals surface area contributed by atoms with E-state index in [1.54, 1.807) is 13.8 Å². The highest BCUT2D eigenvalue weighted by atomic mass is 16.3. The second-order valence-electron chi connectivity index (χ2n) is 5.81. The van der Waals surface area contributed by atoms with Crippen LogP contribution in [0.5, 0.6) is 0 Å². The van der Waals surface area contributed by atoms with Crippen LogP contribution in [0.2, 0.25) is 0 Å². The fraction of sp³-hybridized carbons (Fsp3) is 0.643. The number of nitrogens with one attached hydrogen (secondary N) is 2. The van der Waals surface area contributed by atoms with Crippen LogP contribution in [0.1, 0.15) is 48.3 Å². The largest absolute Gasteiger partial charge is 0.396 e. The van der Waals surface area contributed by atoms with Crippen LogP contribution in [0, 0.1) is 19.3 Å². The van der Waals surface area contributed by atoms with Crippen molar-refractivity contribution < 1.29 is 9.90 Å². The maximum atomic E-state index is 12.2. The molecule has 0 aliphatic carbocycles. The summed E-state index contributed by atoms with van der Waals surface area (Å²) in [6.07, 6.45) is 1.49. The lowest BCUT2D eigenvalue weighted by Crippen LogP contribution is -2.37. The predicted molar refractivity (Wildman–Crippen MR) is 76.8 cm³/mol. The molecule has 0 aliphatic heterocycles. The normalized spacial score (nSPS) is 11.4. The predicted octanol–water partition coefficient (Wildman–Crippen LogP) is 0.915. The van der Waals surface area contributed by atoms with Crippen molar-refractivity contribution in [2.75, 3.05) is 13.2 Å². The fourth-order valence-corrected chi connectivity index (χ4v) is 1.95. The van der Waals surface area contributed by atoms with Gasteiger partial charge in [-0.1, -0.05) is 13.8 Å². The topological polar surface area (TPSA) is 95.1 Å². The molecule has 6 heteroatoms. The van der Waals surface area contributed by atoms with Crippen LogP contribution in [-0.2, 0) is 0 Å². The van der Waals surface area contributed by atoms with Crippen LogP contribution in [-0.4, -0.2) is 34.4 Å². The van der Waals surface area contributed by atoms with Gasteiger partial charge in [0.2, 0.25) is 0 Å². The third-order valence-corrected chi connectivity index (χ3v) is 3.44. The van der Waals surface area contributed by atoms with E-state index in [2.05, 4.69) is 15.5 Å². The number of aromatic amines is 1. The van der Waals surface area contributed by atoms with Crippen LogP contribution < -0.4 is 10.9 Å². The summed E-state index contributed by atoms with van der Waals surface area (Å²) >= 11 is 0. The molecule has 20 heavy (non-hydrogen) atoms. The first-order valence-corrected chi connectivity index (χ1v) is 6.73. The summed E-state index contributed by atoms with van der Waals surface area (Å²) in [5, 5.41) is 17.8. The third kappa shape index (κ3) is 4.16. The van der Waals surface area contributed by atoms with Crippen molar-refractivity contribution in [1.29, 1.82) is 0 Å². The molecule has 6 nitrogen and oxygen atoms in total. The lowest BCUT2D eigenvalue weighted by atomic mass is 9.88. The molecule has 0 bridgehead atoms. The summed E-state index contributed by atoms with van der Waals surface area (Å²) in [7, 11) is 0. The summed E-state index contributed by atoms with van der Waals surface area (Å²) in [6.45, 7) is 8.07. The van der Waals surface area contributed by atoms with Crippen molar-refractivity contribution in [3.8, 4) is 0 Å². The Hall–Kier alpha value is -1.69. The van der Waals surface area contributed by atoms with Gasteiger partial charge in [0.15, 0.2) is 0 Å². The SMILES string of the molecule is Cc1n[nH]c(=O)c(C(=O)NCC(C)(C)CCCO)c1C. The molecule has 0 saturated carbocycles. The van der Waals surface area contributed by atoms with E-state index in [-0.39, 0.29) is 23.5 Å². The van der Waals surface area contributed by atoms with Crippen molar-refractivity contribution in [1.82, 2.24) is 15.5 Å². The zero-order valence-electron chi connectivity index (χ0n) is 12.5. The van der Waals surface area contributed by atoms with Crippen molar-refractivity contribution in [3.63, 3.8) is 0 Å². The molecule has 0 spiro atoms. The first kappa shape index (κ1) is 16.4. The van der Waals surface area contributed by atoms with Crippen LogP contribution in [0.25, 0.3) is 0 Å². The number of amides is 1. The lowest BCUT2D eigenvalue weighted by molar-refractivity contribution is 0.0930. The molecule has 1 heterocycles. The molecule has 0 atom stereocenters. The van der Waals surface area contributed by atoms with Gasteiger partial charge in [-0.2, -0.15) is 5.10 Å². The Bertz CT molecular complexity index is 535. The van der Waals surface area contributed by atoms with Gasteiger partial charge in [-0.3, -0.25) is 9.59 Å². The standard InChI is InChI=1S/C14H23N3O3/c1-9-10(2)16-17-13(20)11(9)12(19)15-8-14(3,4)6-5-7-18/h18H,5-8H2,1-4H3,(H,15,19)(H,17,20). The number of hydrogen-bond donors (Lipinski definition) is 3. The maximum Gasteiger partial charge on any atom is 0.277 e. The monoisotopic (exact) mass is 281 g/mol. The molecular formula is C14H23N3O3. The van der Waals surface area contributed by atoms with E-state index in [1.807, 2.05) is 13.8 Å². The van der Waals surface area contributed by atoms with Gasteiger partial charge in [-0.15, -0.1) is 0 Å². The number of aliphatic hydroxyl groups is 1. The molecule has 1 aromatic heterocycles. The second kappa shape index (κ2) is 6.65. The van der Waals surface area contributed by atoms with Gasteiger partial charge in [0, 0.05) is 13.2 Å². The van der Waals surface area contributed by atoms with E-state index in [0.717, 1.165) is 6.42 Å². The first-order chi connectivity index (χ1) is 9.28.